The third-order valence-electron chi connectivity index (χ3n) is 4.25. The van der Waals surface area contributed by atoms with Gasteiger partial charge < -0.3 is 15.4 Å². The van der Waals surface area contributed by atoms with Gasteiger partial charge >= 0.3 is 6.18 Å². The summed E-state index contributed by atoms with van der Waals surface area (Å²) in [5.41, 5.74) is -1.04. The Bertz CT molecular complexity index is 575. The minimum absolute atomic E-state index is 0.113. The summed E-state index contributed by atoms with van der Waals surface area (Å²) in [6, 6.07) is 4.89. The molecule has 0 aliphatic carbocycles. The summed E-state index contributed by atoms with van der Waals surface area (Å²) < 4.78 is 44.1. The van der Waals surface area contributed by atoms with Crippen molar-refractivity contribution in [1.82, 2.24) is 10.2 Å². The van der Waals surface area contributed by atoms with Gasteiger partial charge in [-0.25, -0.2) is 0 Å². The van der Waals surface area contributed by atoms with Gasteiger partial charge in [-0.1, -0.05) is 12.1 Å². The Balaban J connectivity index is 1.70. The van der Waals surface area contributed by atoms with Crippen LogP contribution in [0.1, 0.15) is 25.3 Å². The molecule has 0 bridgehead atoms. The van der Waals surface area contributed by atoms with Gasteiger partial charge in [0, 0.05) is 25.6 Å². The van der Waals surface area contributed by atoms with Crippen LogP contribution in [0.25, 0.3) is 0 Å². The molecule has 5 nitrogen and oxygen atoms in total. The fourth-order valence-corrected chi connectivity index (χ4v) is 2.87. The van der Waals surface area contributed by atoms with E-state index in [9.17, 15) is 18.0 Å². The van der Waals surface area contributed by atoms with E-state index in [0.29, 0.717) is 0 Å². The molecule has 8 heteroatoms. The highest BCUT2D eigenvalue weighted by Gasteiger charge is 2.33. The monoisotopic (exact) mass is 373 g/mol. The van der Waals surface area contributed by atoms with E-state index in [2.05, 4.69) is 15.5 Å². The minimum Gasteiger partial charge on any atom is -0.379 e. The topological polar surface area (TPSA) is 53.6 Å². The number of amides is 1. The molecule has 1 saturated heterocycles. The number of ether oxygens (including phenoxy) is 1. The molecule has 0 aromatic heterocycles. The fraction of sp³-hybridized carbons (Fsp3) is 0.611. The molecule has 1 heterocycles. The van der Waals surface area contributed by atoms with Crippen molar-refractivity contribution in [2.75, 3.05) is 44.7 Å². The Hall–Kier alpha value is -1.64. The average Bonchev–Trinajstić information content (AvgIpc) is 2.59. The van der Waals surface area contributed by atoms with Crippen molar-refractivity contribution >= 4 is 11.6 Å². The van der Waals surface area contributed by atoms with Crippen LogP contribution in [0.15, 0.2) is 24.3 Å². The number of benzene rings is 1. The van der Waals surface area contributed by atoms with Crippen LogP contribution in [-0.2, 0) is 15.7 Å². The number of alkyl halides is 3. The van der Waals surface area contributed by atoms with E-state index in [1.165, 1.54) is 18.2 Å². The van der Waals surface area contributed by atoms with Crippen molar-refractivity contribution in [3.63, 3.8) is 0 Å². The highest BCUT2D eigenvalue weighted by atomic mass is 19.4. The second-order valence-electron chi connectivity index (χ2n) is 6.46. The summed E-state index contributed by atoms with van der Waals surface area (Å²) in [6.07, 6.45) is -3.43. The molecule has 0 spiro atoms. The molecular formula is C18H26F3N3O2. The Morgan fingerprint density at radius 1 is 1.27 bits per heavy atom. The number of hydrogen-bond acceptors (Lipinski definition) is 4. The molecule has 146 valence electrons. The second-order valence-corrected chi connectivity index (χ2v) is 6.46. The molecule has 1 atom stereocenters. The summed E-state index contributed by atoms with van der Waals surface area (Å²) in [7, 11) is 0. The first-order chi connectivity index (χ1) is 12.4. The number of rotatable bonds is 8. The highest BCUT2D eigenvalue weighted by molar-refractivity contribution is 5.92. The SMILES string of the molecule is CC(CC(=O)Nc1ccccc1C(F)(F)F)NCCCN1CCOCC1. The summed E-state index contributed by atoms with van der Waals surface area (Å²) >= 11 is 0. The van der Waals surface area contributed by atoms with Crippen molar-refractivity contribution in [3.8, 4) is 0 Å². The lowest BCUT2D eigenvalue weighted by molar-refractivity contribution is -0.137. The number of hydrogen-bond donors (Lipinski definition) is 2. The van der Waals surface area contributed by atoms with Crippen molar-refractivity contribution in [1.29, 1.82) is 0 Å². The smallest absolute Gasteiger partial charge is 0.379 e. The average molecular weight is 373 g/mol. The van der Waals surface area contributed by atoms with Crippen molar-refractivity contribution in [2.45, 2.75) is 32.0 Å². The third-order valence-corrected chi connectivity index (χ3v) is 4.25. The zero-order chi connectivity index (χ0) is 19.0. The summed E-state index contributed by atoms with van der Waals surface area (Å²) in [5, 5.41) is 5.61. The number of nitrogens with one attached hydrogen (secondary N) is 2. The van der Waals surface area contributed by atoms with E-state index in [1.807, 2.05) is 6.92 Å². The second kappa shape index (κ2) is 9.89. The van der Waals surface area contributed by atoms with Gasteiger partial charge in [0.05, 0.1) is 24.5 Å². The Labute approximate surface area is 151 Å². The quantitative estimate of drug-likeness (QED) is 0.688. The third kappa shape index (κ3) is 6.93. The highest BCUT2D eigenvalue weighted by Crippen LogP contribution is 2.34. The predicted octanol–water partition coefficient (Wildman–Crippen LogP) is 2.73. The lowest BCUT2D eigenvalue weighted by atomic mass is 10.1. The normalized spacial score (nSPS) is 17.1. The molecule has 1 aliphatic heterocycles. The molecule has 2 N–H and O–H groups in total. The van der Waals surface area contributed by atoms with Crippen LogP contribution in [0.2, 0.25) is 0 Å². The van der Waals surface area contributed by atoms with Crippen molar-refractivity contribution in [3.05, 3.63) is 29.8 Å². The summed E-state index contributed by atoms with van der Waals surface area (Å²) in [5.74, 6) is -0.435. The Morgan fingerprint density at radius 3 is 2.65 bits per heavy atom. The first kappa shape index (κ1) is 20.7. The largest absolute Gasteiger partial charge is 0.418 e. The fourth-order valence-electron chi connectivity index (χ4n) is 2.87. The number of morpholine rings is 1. The molecule has 1 aliphatic rings. The van der Waals surface area contributed by atoms with E-state index in [0.717, 1.165) is 51.9 Å². The van der Waals surface area contributed by atoms with Gasteiger partial charge in [0.15, 0.2) is 0 Å². The maximum Gasteiger partial charge on any atom is 0.418 e. The van der Waals surface area contributed by atoms with E-state index in [4.69, 9.17) is 4.74 Å². The van der Waals surface area contributed by atoms with E-state index < -0.39 is 17.6 Å². The molecule has 2 rings (SSSR count). The zero-order valence-corrected chi connectivity index (χ0v) is 14.9. The van der Waals surface area contributed by atoms with Crippen LogP contribution < -0.4 is 10.6 Å². The van der Waals surface area contributed by atoms with Gasteiger partial charge in [-0.05, 0) is 38.6 Å². The molecule has 1 unspecified atom stereocenters. The number of carbonyl (C=O) groups is 1. The first-order valence-electron chi connectivity index (χ1n) is 8.86. The molecule has 0 radical (unpaired) electrons. The standard InChI is InChI=1S/C18H26F3N3O2/c1-14(22-7-4-8-24-9-11-26-12-10-24)13-17(25)23-16-6-3-2-5-15(16)18(19,20)21/h2-3,5-6,14,22H,4,7-13H2,1H3,(H,23,25). The number of carbonyl (C=O) groups excluding carboxylic acids is 1. The van der Waals surface area contributed by atoms with Gasteiger partial charge in [0.25, 0.3) is 0 Å². The number of halogens is 3. The molecule has 1 amide bonds. The van der Waals surface area contributed by atoms with Crippen molar-refractivity contribution in [2.24, 2.45) is 0 Å². The van der Waals surface area contributed by atoms with Gasteiger partial charge in [-0.15, -0.1) is 0 Å². The summed E-state index contributed by atoms with van der Waals surface area (Å²) in [6.45, 7) is 6.99. The number of anilines is 1. The van der Waals surface area contributed by atoms with Gasteiger partial charge in [0.2, 0.25) is 5.91 Å². The van der Waals surface area contributed by atoms with E-state index in [-0.39, 0.29) is 18.2 Å². The molecule has 1 fully saturated rings. The van der Waals surface area contributed by atoms with Crippen LogP contribution in [0.3, 0.4) is 0 Å². The van der Waals surface area contributed by atoms with Crippen LogP contribution in [0.4, 0.5) is 18.9 Å². The maximum atomic E-state index is 12.9. The molecular weight excluding hydrogens is 347 g/mol. The predicted molar refractivity (Wildman–Crippen MR) is 94.0 cm³/mol. The lowest BCUT2D eigenvalue weighted by Gasteiger charge is -2.26. The Morgan fingerprint density at radius 2 is 1.96 bits per heavy atom. The van der Waals surface area contributed by atoms with Crippen LogP contribution in [0.5, 0.6) is 0 Å². The first-order valence-corrected chi connectivity index (χ1v) is 8.86. The van der Waals surface area contributed by atoms with Crippen LogP contribution in [-0.4, -0.2) is 56.2 Å². The maximum absolute atomic E-state index is 12.9. The van der Waals surface area contributed by atoms with Gasteiger partial charge in [-0.2, -0.15) is 13.2 Å². The Kier molecular flexibility index (Phi) is 7.86. The minimum atomic E-state index is -4.49. The lowest BCUT2D eigenvalue weighted by Crippen LogP contribution is -2.38. The van der Waals surface area contributed by atoms with Crippen molar-refractivity contribution < 1.29 is 22.7 Å². The van der Waals surface area contributed by atoms with Gasteiger partial charge in [-0.3, -0.25) is 9.69 Å². The zero-order valence-electron chi connectivity index (χ0n) is 14.9. The van der Waals surface area contributed by atoms with E-state index in [1.54, 1.807) is 0 Å². The van der Waals surface area contributed by atoms with Crippen LogP contribution >= 0.6 is 0 Å². The molecule has 26 heavy (non-hydrogen) atoms. The molecule has 0 saturated carbocycles. The number of nitrogens with zero attached hydrogens (tertiary/aromatic N) is 1. The molecule has 1 aromatic rings. The van der Waals surface area contributed by atoms with E-state index >= 15 is 0 Å². The van der Waals surface area contributed by atoms with Gasteiger partial charge in [0.1, 0.15) is 0 Å². The number of para-hydroxylation sites is 1. The van der Waals surface area contributed by atoms with Crippen LogP contribution in [0, 0.1) is 0 Å². The summed E-state index contributed by atoms with van der Waals surface area (Å²) in [4.78, 5) is 14.4. The molecule has 1 aromatic carbocycles.